The molecule has 3 nitrogen and oxygen atoms in total. The van der Waals surface area contributed by atoms with E-state index in [1.807, 2.05) is 0 Å². The number of carbonyl (C=O) groups is 2. The van der Waals surface area contributed by atoms with Crippen molar-refractivity contribution >= 4 is 11.8 Å². The molecule has 134 valence electrons. The van der Waals surface area contributed by atoms with Crippen molar-refractivity contribution in [3.05, 3.63) is 0 Å². The molecule has 4 saturated carbocycles. The fourth-order valence-corrected chi connectivity index (χ4v) is 7.57. The highest BCUT2D eigenvalue weighted by Crippen LogP contribution is 2.67. The first kappa shape index (κ1) is 16.6. The Hall–Kier alpha value is -0.860. The molecule has 0 unspecified atom stereocenters. The van der Waals surface area contributed by atoms with Crippen LogP contribution in [0.25, 0.3) is 0 Å². The minimum atomic E-state index is 0.0154. The Morgan fingerprint density at radius 1 is 1.00 bits per heavy atom. The van der Waals surface area contributed by atoms with Crippen molar-refractivity contribution in [2.75, 3.05) is 7.11 Å². The summed E-state index contributed by atoms with van der Waals surface area (Å²) in [6.45, 7) is 4.84. The van der Waals surface area contributed by atoms with Gasteiger partial charge in [-0.2, -0.15) is 0 Å². The second kappa shape index (κ2) is 5.57. The molecule has 0 aromatic carbocycles. The third kappa shape index (κ3) is 2.15. The summed E-state index contributed by atoms with van der Waals surface area (Å²) in [6, 6.07) is 0. The molecule has 0 N–H and O–H groups in total. The third-order valence-corrected chi connectivity index (χ3v) is 8.97. The Labute approximate surface area is 145 Å². The monoisotopic (exact) mass is 332 g/mol. The summed E-state index contributed by atoms with van der Waals surface area (Å²) in [5.41, 5.74) is 0.503. The molecule has 0 aromatic rings. The second-order valence-corrected chi connectivity index (χ2v) is 9.60. The number of Topliss-reactive ketones (excluding diaryl/α,β-unsaturated/α-hetero) is 1. The van der Waals surface area contributed by atoms with Gasteiger partial charge in [-0.25, -0.2) is 0 Å². The predicted molar refractivity (Wildman–Crippen MR) is 92.2 cm³/mol. The molecule has 4 aliphatic carbocycles. The summed E-state index contributed by atoms with van der Waals surface area (Å²) in [6.07, 6.45) is 9.82. The number of ether oxygens (including phenoxy) is 1. The topological polar surface area (TPSA) is 43.4 Å². The molecule has 0 heterocycles. The molecular formula is C21H32O3. The van der Waals surface area contributed by atoms with Gasteiger partial charge < -0.3 is 4.74 Å². The first-order chi connectivity index (χ1) is 11.4. The molecule has 0 bridgehead atoms. The molecule has 4 aliphatic rings. The second-order valence-electron chi connectivity index (χ2n) is 9.60. The first-order valence-corrected chi connectivity index (χ1v) is 9.99. The van der Waals surface area contributed by atoms with Crippen LogP contribution in [0.5, 0.6) is 0 Å². The fourth-order valence-electron chi connectivity index (χ4n) is 7.57. The fraction of sp³-hybridized carbons (Fsp3) is 0.905. The van der Waals surface area contributed by atoms with E-state index in [4.69, 9.17) is 4.74 Å². The molecule has 3 heteroatoms. The van der Waals surface area contributed by atoms with E-state index < -0.39 is 0 Å². The van der Waals surface area contributed by atoms with E-state index in [9.17, 15) is 9.59 Å². The highest BCUT2D eigenvalue weighted by molar-refractivity contribution is 5.79. The summed E-state index contributed by atoms with van der Waals surface area (Å²) in [7, 11) is 1.54. The number of hydrogen-bond acceptors (Lipinski definition) is 3. The molecule has 4 fully saturated rings. The van der Waals surface area contributed by atoms with Gasteiger partial charge in [-0.3, -0.25) is 9.59 Å². The molecule has 0 radical (unpaired) electrons. The van der Waals surface area contributed by atoms with Crippen LogP contribution in [0.15, 0.2) is 0 Å². The molecule has 0 saturated heterocycles. The standard InChI is InChI=1S/C21H32O3/c1-20-10-8-14(22)12-13(20)4-5-15-16-6-7-18(19(23)24-3)21(16,2)11-9-17(15)20/h13,15-18H,4-12H2,1-3H3/t13-,15-,16-,17-,18+,20-,21+/m0/s1. The van der Waals surface area contributed by atoms with Crippen molar-refractivity contribution in [2.24, 2.45) is 40.4 Å². The molecular weight excluding hydrogens is 300 g/mol. The van der Waals surface area contributed by atoms with Crippen molar-refractivity contribution in [2.45, 2.75) is 71.6 Å². The van der Waals surface area contributed by atoms with Crippen LogP contribution in [-0.2, 0) is 14.3 Å². The SMILES string of the molecule is COC(=O)[C@H]1CC[C@H]2[C@@H]3CC[C@H]4CC(=O)CC[C@]4(C)[C@H]3CC[C@@]12C. The van der Waals surface area contributed by atoms with E-state index in [0.717, 1.165) is 43.9 Å². The summed E-state index contributed by atoms with van der Waals surface area (Å²) in [4.78, 5) is 24.3. The van der Waals surface area contributed by atoms with E-state index in [2.05, 4.69) is 13.8 Å². The average Bonchev–Trinajstić information content (AvgIpc) is 2.92. The van der Waals surface area contributed by atoms with Crippen LogP contribution in [0.2, 0.25) is 0 Å². The average molecular weight is 332 g/mol. The van der Waals surface area contributed by atoms with Gasteiger partial charge in [0.2, 0.25) is 0 Å². The van der Waals surface area contributed by atoms with Crippen LogP contribution >= 0.6 is 0 Å². The maximum atomic E-state index is 12.3. The van der Waals surface area contributed by atoms with Crippen LogP contribution in [0.4, 0.5) is 0 Å². The lowest BCUT2D eigenvalue weighted by atomic mass is 9.45. The van der Waals surface area contributed by atoms with Gasteiger partial charge in [0.1, 0.15) is 5.78 Å². The molecule has 7 atom stereocenters. The molecule has 0 aromatic heterocycles. The number of hydrogen-bond donors (Lipinski definition) is 0. The summed E-state index contributed by atoms with van der Waals surface area (Å²) in [5.74, 6) is 3.42. The van der Waals surface area contributed by atoms with Gasteiger partial charge in [0, 0.05) is 12.8 Å². The number of methoxy groups -OCH3 is 1. The number of fused-ring (bicyclic) bond motifs is 5. The highest BCUT2D eigenvalue weighted by atomic mass is 16.5. The van der Waals surface area contributed by atoms with E-state index in [1.165, 1.54) is 32.8 Å². The minimum absolute atomic E-state index is 0.0154. The van der Waals surface area contributed by atoms with Crippen molar-refractivity contribution in [3.63, 3.8) is 0 Å². The quantitative estimate of drug-likeness (QED) is 0.669. The molecule has 0 aliphatic heterocycles. The molecule has 24 heavy (non-hydrogen) atoms. The van der Waals surface area contributed by atoms with Gasteiger partial charge in [-0.1, -0.05) is 13.8 Å². The van der Waals surface area contributed by atoms with E-state index in [0.29, 0.717) is 23.0 Å². The zero-order chi connectivity index (χ0) is 17.1. The molecule has 0 spiro atoms. The Balaban J connectivity index is 1.61. The lowest BCUT2D eigenvalue weighted by Crippen LogP contribution is -2.54. The van der Waals surface area contributed by atoms with Crippen LogP contribution < -0.4 is 0 Å². The van der Waals surface area contributed by atoms with E-state index in [1.54, 1.807) is 0 Å². The van der Waals surface area contributed by atoms with Crippen LogP contribution in [0.3, 0.4) is 0 Å². The van der Waals surface area contributed by atoms with Gasteiger partial charge in [0.05, 0.1) is 13.0 Å². The van der Waals surface area contributed by atoms with Gasteiger partial charge >= 0.3 is 5.97 Å². The summed E-state index contributed by atoms with van der Waals surface area (Å²) in [5, 5.41) is 0. The van der Waals surface area contributed by atoms with Crippen molar-refractivity contribution in [1.29, 1.82) is 0 Å². The van der Waals surface area contributed by atoms with Crippen molar-refractivity contribution < 1.29 is 14.3 Å². The largest absolute Gasteiger partial charge is 0.469 e. The Morgan fingerprint density at radius 3 is 2.50 bits per heavy atom. The Kier molecular flexibility index (Phi) is 3.85. The van der Waals surface area contributed by atoms with Gasteiger partial charge in [0.25, 0.3) is 0 Å². The van der Waals surface area contributed by atoms with Crippen molar-refractivity contribution in [3.8, 4) is 0 Å². The zero-order valence-corrected chi connectivity index (χ0v) is 15.5. The number of ketones is 1. The Morgan fingerprint density at radius 2 is 1.75 bits per heavy atom. The van der Waals surface area contributed by atoms with Crippen molar-refractivity contribution in [1.82, 2.24) is 0 Å². The molecule has 0 amide bonds. The van der Waals surface area contributed by atoms with Gasteiger partial charge in [-0.05, 0) is 79.4 Å². The van der Waals surface area contributed by atoms with Crippen LogP contribution in [-0.4, -0.2) is 18.9 Å². The lowest BCUT2D eigenvalue weighted by molar-refractivity contribution is -0.157. The van der Waals surface area contributed by atoms with E-state index >= 15 is 0 Å². The first-order valence-electron chi connectivity index (χ1n) is 9.99. The zero-order valence-electron chi connectivity index (χ0n) is 15.5. The Bertz CT molecular complexity index is 555. The summed E-state index contributed by atoms with van der Waals surface area (Å²) >= 11 is 0. The minimum Gasteiger partial charge on any atom is -0.469 e. The van der Waals surface area contributed by atoms with E-state index in [-0.39, 0.29) is 17.3 Å². The lowest BCUT2D eigenvalue weighted by Gasteiger charge is -2.60. The predicted octanol–water partition coefficient (Wildman–Crippen LogP) is 4.39. The smallest absolute Gasteiger partial charge is 0.309 e. The third-order valence-electron chi connectivity index (χ3n) is 8.97. The van der Waals surface area contributed by atoms with Crippen LogP contribution in [0, 0.1) is 40.4 Å². The van der Waals surface area contributed by atoms with Gasteiger partial charge in [-0.15, -0.1) is 0 Å². The highest BCUT2D eigenvalue weighted by Gasteiger charge is 2.61. The molecule has 4 rings (SSSR count). The maximum absolute atomic E-state index is 12.3. The normalized spacial score (nSPS) is 50.6. The maximum Gasteiger partial charge on any atom is 0.309 e. The number of rotatable bonds is 1. The summed E-state index contributed by atoms with van der Waals surface area (Å²) < 4.78 is 5.13. The number of carbonyl (C=O) groups excluding carboxylic acids is 2. The van der Waals surface area contributed by atoms with Gasteiger partial charge in [0.15, 0.2) is 0 Å². The number of esters is 1. The van der Waals surface area contributed by atoms with Crippen LogP contribution in [0.1, 0.15) is 71.6 Å².